The molecule has 0 saturated carbocycles. The van der Waals surface area contributed by atoms with Crippen LogP contribution in [0.3, 0.4) is 0 Å². The van der Waals surface area contributed by atoms with E-state index in [1.165, 1.54) is 51.4 Å². The molecule has 0 atom stereocenters. The quantitative estimate of drug-likeness (QED) is 0.449. The zero-order valence-electron chi connectivity index (χ0n) is 9.89. The second kappa shape index (κ2) is 13.0. The summed E-state index contributed by atoms with van der Waals surface area (Å²) in [6, 6.07) is 0. The summed E-state index contributed by atoms with van der Waals surface area (Å²) < 4.78 is 5.51. The summed E-state index contributed by atoms with van der Waals surface area (Å²) in [6.07, 6.45) is 11.5. The molecule has 0 unspecified atom stereocenters. The average molecular weight is 199 g/mol. The average Bonchev–Trinajstić information content (AvgIpc) is 2.21. The molecule has 0 aromatic heterocycles. The van der Waals surface area contributed by atoms with Crippen molar-refractivity contribution >= 4 is 0 Å². The zero-order valence-corrected chi connectivity index (χ0v) is 9.89. The van der Waals surface area contributed by atoms with Crippen LogP contribution < -0.4 is 0 Å². The predicted molar refractivity (Wildman–Crippen MR) is 63.4 cm³/mol. The molecule has 0 aliphatic carbocycles. The Morgan fingerprint density at radius 2 is 1.36 bits per heavy atom. The van der Waals surface area contributed by atoms with Crippen molar-refractivity contribution in [3.63, 3.8) is 0 Å². The van der Waals surface area contributed by atoms with Gasteiger partial charge in [0.25, 0.3) is 0 Å². The number of unbranched alkanes of at least 4 members (excludes halogenated alkanes) is 7. The maximum absolute atomic E-state index is 5.51. The third kappa shape index (κ3) is 12.0. The van der Waals surface area contributed by atoms with E-state index in [0.717, 1.165) is 19.6 Å². The minimum absolute atomic E-state index is 0.935. The lowest BCUT2D eigenvalue weighted by Gasteiger charge is -2.03. The second-order valence-electron chi connectivity index (χ2n) is 3.94. The smallest absolute Gasteiger partial charge is 0.0466 e. The van der Waals surface area contributed by atoms with E-state index in [1.54, 1.807) is 0 Å². The molecule has 0 rings (SSSR count). The maximum Gasteiger partial charge on any atom is 0.0466 e. The van der Waals surface area contributed by atoms with Crippen molar-refractivity contribution in [1.29, 1.82) is 0 Å². The molecule has 0 spiro atoms. The Kier molecular flexibility index (Phi) is 12.9. The van der Waals surface area contributed by atoms with Crippen molar-refractivity contribution in [2.24, 2.45) is 0 Å². The highest BCUT2D eigenvalue weighted by Gasteiger charge is 1.91. The molecule has 0 heterocycles. The molecular weight excluding hydrogens is 172 g/mol. The zero-order chi connectivity index (χ0) is 10.5. The molecule has 0 aromatic rings. The molecular formula is C13H27O. The monoisotopic (exact) mass is 199 g/mol. The van der Waals surface area contributed by atoms with Crippen molar-refractivity contribution in [2.75, 3.05) is 13.2 Å². The minimum atomic E-state index is 0.935. The van der Waals surface area contributed by atoms with E-state index in [4.69, 9.17) is 4.74 Å². The molecule has 0 bridgehead atoms. The molecule has 0 aromatic carbocycles. The van der Waals surface area contributed by atoms with E-state index in [9.17, 15) is 0 Å². The highest BCUT2D eigenvalue weighted by atomic mass is 16.5. The minimum Gasteiger partial charge on any atom is -0.381 e. The van der Waals surface area contributed by atoms with Gasteiger partial charge in [-0.05, 0) is 12.8 Å². The first-order valence-electron chi connectivity index (χ1n) is 6.28. The summed E-state index contributed by atoms with van der Waals surface area (Å²) in [6.45, 7) is 7.96. The van der Waals surface area contributed by atoms with Crippen LogP contribution in [0.2, 0.25) is 0 Å². The Hall–Kier alpha value is -0.0400. The van der Waals surface area contributed by atoms with Crippen molar-refractivity contribution in [2.45, 2.75) is 64.7 Å². The van der Waals surface area contributed by atoms with E-state index in [0.29, 0.717) is 0 Å². The summed E-state index contributed by atoms with van der Waals surface area (Å²) in [5.74, 6) is 0. The third-order valence-corrected chi connectivity index (χ3v) is 2.43. The number of ether oxygens (including phenoxy) is 1. The lowest BCUT2D eigenvalue weighted by Crippen LogP contribution is -1.96. The number of hydrogen-bond donors (Lipinski definition) is 0. The fraction of sp³-hybridized carbons (Fsp3) is 0.923. The summed E-state index contributed by atoms with van der Waals surface area (Å²) in [4.78, 5) is 0. The van der Waals surface area contributed by atoms with Gasteiger partial charge in [-0.3, -0.25) is 0 Å². The Balaban J connectivity index is 2.78. The van der Waals surface area contributed by atoms with Gasteiger partial charge in [-0.15, -0.1) is 0 Å². The van der Waals surface area contributed by atoms with Gasteiger partial charge < -0.3 is 4.74 Å². The molecule has 1 radical (unpaired) electrons. The van der Waals surface area contributed by atoms with Crippen LogP contribution in [-0.4, -0.2) is 13.2 Å². The summed E-state index contributed by atoms with van der Waals surface area (Å²) in [5, 5.41) is 0. The number of rotatable bonds is 11. The van der Waals surface area contributed by atoms with Crippen LogP contribution in [0.4, 0.5) is 0 Å². The van der Waals surface area contributed by atoms with E-state index < -0.39 is 0 Å². The molecule has 0 fully saturated rings. The van der Waals surface area contributed by atoms with Crippen molar-refractivity contribution in [3.8, 4) is 0 Å². The van der Waals surface area contributed by atoms with Gasteiger partial charge in [-0.2, -0.15) is 0 Å². The van der Waals surface area contributed by atoms with Crippen molar-refractivity contribution in [1.82, 2.24) is 0 Å². The van der Waals surface area contributed by atoms with Gasteiger partial charge in [0.05, 0.1) is 0 Å². The van der Waals surface area contributed by atoms with Gasteiger partial charge in [-0.25, -0.2) is 0 Å². The molecule has 1 heteroatoms. The van der Waals surface area contributed by atoms with Gasteiger partial charge >= 0.3 is 0 Å². The molecule has 0 aliphatic rings. The fourth-order valence-corrected chi connectivity index (χ4v) is 1.47. The highest BCUT2D eigenvalue weighted by molar-refractivity contribution is 4.45. The fourth-order valence-electron chi connectivity index (χ4n) is 1.47. The van der Waals surface area contributed by atoms with Gasteiger partial charge in [0, 0.05) is 13.2 Å². The van der Waals surface area contributed by atoms with Gasteiger partial charge in [0.1, 0.15) is 0 Å². The predicted octanol–water partition coefficient (Wildman–Crippen LogP) is 4.37. The molecule has 0 aliphatic heterocycles. The molecule has 0 saturated heterocycles. The third-order valence-electron chi connectivity index (χ3n) is 2.43. The summed E-state index contributed by atoms with van der Waals surface area (Å²) in [7, 11) is 0. The van der Waals surface area contributed by atoms with Crippen LogP contribution in [0.5, 0.6) is 0 Å². The van der Waals surface area contributed by atoms with E-state index in [2.05, 4.69) is 13.8 Å². The lowest BCUT2D eigenvalue weighted by molar-refractivity contribution is 0.126. The standard InChI is InChI=1S/C13H27O/c1-3-5-7-8-9-11-13-14-12-10-6-4-2/h2-13H2,1H3. The Morgan fingerprint density at radius 3 is 2.00 bits per heavy atom. The van der Waals surface area contributed by atoms with Crippen molar-refractivity contribution in [3.05, 3.63) is 6.92 Å². The van der Waals surface area contributed by atoms with Crippen molar-refractivity contribution < 1.29 is 4.74 Å². The molecule has 1 nitrogen and oxygen atoms in total. The molecule has 0 amide bonds. The molecule has 85 valence electrons. The first kappa shape index (κ1) is 14.0. The first-order valence-corrected chi connectivity index (χ1v) is 6.28. The normalized spacial score (nSPS) is 10.7. The van der Waals surface area contributed by atoms with Crippen LogP contribution in [0.25, 0.3) is 0 Å². The van der Waals surface area contributed by atoms with Crippen LogP contribution >= 0.6 is 0 Å². The van der Waals surface area contributed by atoms with E-state index >= 15 is 0 Å². The van der Waals surface area contributed by atoms with Crippen LogP contribution in [0.1, 0.15) is 64.7 Å². The largest absolute Gasteiger partial charge is 0.381 e. The van der Waals surface area contributed by atoms with Gasteiger partial charge in [-0.1, -0.05) is 58.8 Å². The highest BCUT2D eigenvalue weighted by Crippen LogP contribution is 2.05. The first-order chi connectivity index (χ1) is 6.91. The van der Waals surface area contributed by atoms with Crippen LogP contribution in [-0.2, 0) is 4.74 Å². The maximum atomic E-state index is 5.51. The summed E-state index contributed by atoms with van der Waals surface area (Å²) in [5.41, 5.74) is 0. The lowest BCUT2D eigenvalue weighted by atomic mass is 10.1. The summed E-state index contributed by atoms with van der Waals surface area (Å²) >= 11 is 0. The van der Waals surface area contributed by atoms with E-state index in [1.807, 2.05) is 0 Å². The molecule has 14 heavy (non-hydrogen) atoms. The Bertz CT molecular complexity index is 79.2. The molecule has 0 N–H and O–H groups in total. The Labute approximate surface area is 90.2 Å². The van der Waals surface area contributed by atoms with Crippen LogP contribution in [0, 0.1) is 6.92 Å². The van der Waals surface area contributed by atoms with Gasteiger partial charge in [0.2, 0.25) is 0 Å². The van der Waals surface area contributed by atoms with Gasteiger partial charge in [0.15, 0.2) is 0 Å². The van der Waals surface area contributed by atoms with E-state index in [-0.39, 0.29) is 0 Å². The number of hydrogen-bond acceptors (Lipinski definition) is 1. The second-order valence-corrected chi connectivity index (χ2v) is 3.94. The van der Waals surface area contributed by atoms with Crippen LogP contribution in [0.15, 0.2) is 0 Å². The topological polar surface area (TPSA) is 9.23 Å². The Morgan fingerprint density at radius 1 is 0.786 bits per heavy atom. The SMILES string of the molecule is [CH2]CCCCOCCCCCCCC.